The smallest absolute Gasteiger partial charge is 0.352 e. The fourth-order valence-corrected chi connectivity index (χ4v) is 1.50. The van der Waals surface area contributed by atoms with Gasteiger partial charge in [-0.1, -0.05) is 25.1 Å². The van der Waals surface area contributed by atoms with Crippen molar-refractivity contribution in [1.29, 1.82) is 0 Å². The van der Waals surface area contributed by atoms with Crippen LogP contribution in [0.25, 0.3) is 6.08 Å². The van der Waals surface area contributed by atoms with E-state index < -0.39 is 11.9 Å². The SMILES string of the molecule is CCC(C)Oc1ccccc1/C=C(\NC(C)=O)C(=O)O. The summed E-state index contributed by atoms with van der Waals surface area (Å²) >= 11 is 0. The molecule has 20 heavy (non-hydrogen) atoms. The quantitative estimate of drug-likeness (QED) is 0.783. The molecule has 1 aromatic carbocycles. The van der Waals surface area contributed by atoms with Crippen molar-refractivity contribution in [3.05, 3.63) is 35.5 Å². The molecule has 0 saturated carbocycles. The molecule has 0 bridgehead atoms. The molecule has 0 aliphatic carbocycles. The van der Waals surface area contributed by atoms with Crippen molar-refractivity contribution in [2.75, 3.05) is 0 Å². The second kappa shape index (κ2) is 7.33. The molecule has 0 radical (unpaired) electrons. The van der Waals surface area contributed by atoms with Crippen LogP contribution in [-0.4, -0.2) is 23.1 Å². The fourth-order valence-electron chi connectivity index (χ4n) is 1.50. The highest BCUT2D eigenvalue weighted by Gasteiger charge is 2.11. The molecule has 0 spiro atoms. The zero-order valence-electron chi connectivity index (χ0n) is 11.8. The average molecular weight is 277 g/mol. The zero-order valence-corrected chi connectivity index (χ0v) is 11.8. The number of carbonyl (C=O) groups is 2. The van der Waals surface area contributed by atoms with Gasteiger partial charge in [0.2, 0.25) is 5.91 Å². The molecule has 0 aromatic heterocycles. The van der Waals surface area contributed by atoms with Gasteiger partial charge in [0.1, 0.15) is 11.4 Å². The molecule has 1 aromatic rings. The second-order valence-electron chi connectivity index (χ2n) is 4.42. The maximum Gasteiger partial charge on any atom is 0.352 e. The summed E-state index contributed by atoms with van der Waals surface area (Å²) in [5.74, 6) is -1.04. The van der Waals surface area contributed by atoms with Crippen molar-refractivity contribution in [3.63, 3.8) is 0 Å². The van der Waals surface area contributed by atoms with Crippen molar-refractivity contribution in [2.24, 2.45) is 0 Å². The molecule has 0 fully saturated rings. The monoisotopic (exact) mass is 277 g/mol. The van der Waals surface area contributed by atoms with Gasteiger partial charge in [-0.25, -0.2) is 4.79 Å². The minimum atomic E-state index is -1.20. The number of carboxylic acid groups (broad SMARTS) is 1. The number of hydrogen-bond donors (Lipinski definition) is 2. The molecular formula is C15H19NO4. The van der Waals surface area contributed by atoms with Crippen molar-refractivity contribution < 1.29 is 19.4 Å². The van der Waals surface area contributed by atoms with Crippen LogP contribution in [-0.2, 0) is 9.59 Å². The Balaban J connectivity index is 3.10. The Kier molecular flexibility index (Phi) is 5.77. The van der Waals surface area contributed by atoms with Crippen LogP contribution in [0, 0.1) is 0 Å². The van der Waals surface area contributed by atoms with E-state index in [1.54, 1.807) is 18.2 Å². The highest BCUT2D eigenvalue weighted by atomic mass is 16.5. The summed E-state index contributed by atoms with van der Waals surface area (Å²) in [6.07, 6.45) is 2.26. The lowest BCUT2D eigenvalue weighted by molar-refractivity contribution is -0.134. The van der Waals surface area contributed by atoms with Crippen LogP contribution < -0.4 is 10.1 Å². The summed E-state index contributed by atoms with van der Waals surface area (Å²) in [6.45, 7) is 5.20. The summed E-state index contributed by atoms with van der Waals surface area (Å²) in [4.78, 5) is 22.1. The Labute approximate surface area is 118 Å². The Morgan fingerprint density at radius 3 is 2.60 bits per heavy atom. The lowest BCUT2D eigenvalue weighted by atomic mass is 10.1. The highest BCUT2D eigenvalue weighted by molar-refractivity contribution is 5.96. The summed E-state index contributed by atoms with van der Waals surface area (Å²) in [5, 5.41) is 11.4. The largest absolute Gasteiger partial charge is 0.490 e. The van der Waals surface area contributed by atoms with E-state index in [0.717, 1.165) is 6.42 Å². The highest BCUT2D eigenvalue weighted by Crippen LogP contribution is 2.22. The van der Waals surface area contributed by atoms with Crippen LogP contribution in [0.5, 0.6) is 5.75 Å². The number of carboxylic acids is 1. The molecule has 0 heterocycles. The normalized spacial score (nSPS) is 12.7. The van der Waals surface area contributed by atoms with Crippen LogP contribution in [0.2, 0.25) is 0 Å². The first-order valence-corrected chi connectivity index (χ1v) is 6.42. The number of rotatable bonds is 6. The van der Waals surface area contributed by atoms with Gasteiger partial charge in [0.15, 0.2) is 0 Å². The first-order chi connectivity index (χ1) is 9.43. The van der Waals surface area contributed by atoms with Crippen LogP contribution in [0.15, 0.2) is 30.0 Å². The van der Waals surface area contributed by atoms with Gasteiger partial charge in [-0.05, 0) is 25.5 Å². The number of aliphatic carboxylic acids is 1. The third-order valence-corrected chi connectivity index (χ3v) is 2.66. The maximum atomic E-state index is 11.1. The lowest BCUT2D eigenvalue weighted by Crippen LogP contribution is -2.24. The van der Waals surface area contributed by atoms with E-state index in [0.29, 0.717) is 11.3 Å². The molecule has 5 nitrogen and oxygen atoms in total. The van der Waals surface area contributed by atoms with Gasteiger partial charge in [0, 0.05) is 12.5 Å². The first kappa shape index (κ1) is 15.8. The van der Waals surface area contributed by atoms with E-state index in [4.69, 9.17) is 9.84 Å². The summed E-state index contributed by atoms with van der Waals surface area (Å²) < 4.78 is 5.73. The lowest BCUT2D eigenvalue weighted by Gasteiger charge is -2.15. The van der Waals surface area contributed by atoms with Gasteiger partial charge < -0.3 is 15.2 Å². The molecule has 1 unspecified atom stereocenters. The number of carbonyl (C=O) groups excluding carboxylic acids is 1. The predicted molar refractivity (Wildman–Crippen MR) is 76.3 cm³/mol. The summed E-state index contributed by atoms with van der Waals surface area (Å²) in [5.41, 5.74) is 0.427. The molecular weight excluding hydrogens is 258 g/mol. The van der Waals surface area contributed by atoms with Gasteiger partial charge in [-0.15, -0.1) is 0 Å². The topological polar surface area (TPSA) is 75.6 Å². The van der Waals surface area contributed by atoms with Gasteiger partial charge in [0.05, 0.1) is 6.10 Å². The van der Waals surface area contributed by atoms with Crippen LogP contribution >= 0.6 is 0 Å². The predicted octanol–water partition coefficient (Wildman–Crippen LogP) is 2.43. The molecule has 0 aliphatic rings. The van der Waals surface area contributed by atoms with Crippen molar-refractivity contribution in [2.45, 2.75) is 33.3 Å². The van der Waals surface area contributed by atoms with E-state index in [-0.39, 0.29) is 11.8 Å². The fraction of sp³-hybridized carbons (Fsp3) is 0.333. The van der Waals surface area contributed by atoms with Crippen LogP contribution in [0.4, 0.5) is 0 Å². The minimum absolute atomic E-state index is 0.0265. The van der Waals surface area contributed by atoms with Gasteiger partial charge in [-0.2, -0.15) is 0 Å². The number of para-hydroxylation sites is 1. The summed E-state index contributed by atoms with van der Waals surface area (Å²) in [7, 11) is 0. The molecule has 5 heteroatoms. The number of amides is 1. The van der Waals surface area contributed by atoms with Gasteiger partial charge in [0.25, 0.3) is 0 Å². The number of hydrogen-bond acceptors (Lipinski definition) is 3. The van der Waals surface area contributed by atoms with Crippen LogP contribution in [0.1, 0.15) is 32.8 Å². The maximum absolute atomic E-state index is 11.1. The Bertz CT molecular complexity index is 522. The molecule has 108 valence electrons. The van der Waals surface area contributed by atoms with Crippen LogP contribution in [0.3, 0.4) is 0 Å². The van der Waals surface area contributed by atoms with E-state index in [1.165, 1.54) is 13.0 Å². The Morgan fingerprint density at radius 2 is 2.05 bits per heavy atom. The number of nitrogens with one attached hydrogen (secondary N) is 1. The Hall–Kier alpha value is -2.30. The zero-order chi connectivity index (χ0) is 15.1. The van der Waals surface area contributed by atoms with Crippen molar-refractivity contribution in [3.8, 4) is 5.75 Å². The van der Waals surface area contributed by atoms with Crippen molar-refractivity contribution in [1.82, 2.24) is 5.32 Å². The molecule has 1 atom stereocenters. The molecule has 2 N–H and O–H groups in total. The standard InChI is InChI=1S/C15H19NO4/c1-4-10(2)20-14-8-6-5-7-12(14)9-13(15(18)19)16-11(3)17/h5-10H,4H2,1-3H3,(H,16,17)(H,18,19)/b13-9-. The molecule has 1 amide bonds. The second-order valence-corrected chi connectivity index (χ2v) is 4.42. The molecule has 0 saturated heterocycles. The average Bonchev–Trinajstić information content (AvgIpc) is 2.39. The third kappa shape index (κ3) is 4.76. The molecule has 1 rings (SSSR count). The summed E-state index contributed by atoms with van der Waals surface area (Å²) in [6, 6.07) is 7.10. The van der Waals surface area contributed by atoms with E-state index in [1.807, 2.05) is 19.9 Å². The third-order valence-electron chi connectivity index (χ3n) is 2.66. The minimum Gasteiger partial charge on any atom is -0.490 e. The van der Waals surface area contributed by atoms with Gasteiger partial charge in [-0.3, -0.25) is 4.79 Å². The first-order valence-electron chi connectivity index (χ1n) is 6.42. The number of ether oxygens (including phenoxy) is 1. The van der Waals surface area contributed by atoms with Crippen molar-refractivity contribution >= 4 is 18.0 Å². The number of benzene rings is 1. The van der Waals surface area contributed by atoms with E-state index >= 15 is 0 Å². The van der Waals surface area contributed by atoms with Gasteiger partial charge >= 0.3 is 5.97 Å². The van der Waals surface area contributed by atoms with E-state index in [9.17, 15) is 9.59 Å². The Morgan fingerprint density at radius 1 is 1.40 bits per heavy atom. The molecule has 0 aliphatic heterocycles. The van der Waals surface area contributed by atoms with E-state index in [2.05, 4.69) is 5.32 Å².